The molecule has 15 heavy (non-hydrogen) atoms. The first kappa shape index (κ1) is 13.9. The highest BCUT2D eigenvalue weighted by atomic mass is 28.3. The third-order valence-corrected chi connectivity index (χ3v) is 2.59. The Kier molecular flexibility index (Phi) is 7.62. The Bertz CT molecular complexity index is 238. The normalized spacial score (nSPS) is 9.20. The molecule has 5 heteroatoms. The number of unbranched alkanes of at least 4 members (excludes halogenated alkanes) is 1. The lowest BCUT2D eigenvalue weighted by atomic mass is 10.3. The molecule has 0 aliphatic heterocycles. The molecule has 0 rings (SSSR count). The van der Waals surface area contributed by atoms with E-state index in [2.05, 4.69) is 12.8 Å². The molecule has 0 bridgehead atoms. The fraction of sp³-hybridized carbons (Fsp3) is 0.600. The van der Waals surface area contributed by atoms with Gasteiger partial charge >= 0.3 is 14.9 Å². The maximum atomic E-state index is 11.0. The van der Waals surface area contributed by atoms with Crippen LogP contribution in [0.4, 0.5) is 0 Å². The summed E-state index contributed by atoms with van der Waals surface area (Å²) in [5.41, 5.74) is 0.425. The van der Waals surface area contributed by atoms with Gasteiger partial charge in [0.2, 0.25) is 0 Å². The minimum absolute atomic E-state index is 0.338. The maximum absolute atomic E-state index is 11.0. The average Bonchev–Trinajstić information content (AvgIpc) is 2.22. The van der Waals surface area contributed by atoms with Gasteiger partial charge in [0.25, 0.3) is 0 Å². The van der Waals surface area contributed by atoms with Crippen molar-refractivity contribution in [3.05, 3.63) is 12.2 Å². The first-order valence-electron chi connectivity index (χ1n) is 4.76. The number of carbonyl (C=O) groups is 1. The van der Waals surface area contributed by atoms with E-state index in [1.165, 1.54) is 0 Å². The summed E-state index contributed by atoms with van der Waals surface area (Å²) in [5, 5.41) is 0. The second kappa shape index (κ2) is 8.23. The third kappa shape index (κ3) is 7.93. The summed E-state index contributed by atoms with van der Waals surface area (Å²) < 4.78 is 15.1. The molecule has 0 heterocycles. The zero-order valence-electron chi connectivity index (χ0n) is 9.38. The van der Waals surface area contributed by atoms with Gasteiger partial charge in [0.15, 0.2) is 0 Å². The van der Waals surface area contributed by atoms with Gasteiger partial charge in [-0.3, -0.25) is 0 Å². The van der Waals surface area contributed by atoms with Crippen LogP contribution in [0.5, 0.6) is 0 Å². The highest BCUT2D eigenvalue weighted by Gasteiger charge is 2.02. The lowest BCUT2D eigenvalue weighted by Crippen LogP contribution is -2.12. The van der Waals surface area contributed by atoms with Gasteiger partial charge in [-0.05, 0) is 25.9 Å². The van der Waals surface area contributed by atoms with Crippen LogP contribution in [0.3, 0.4) is 0 Å². The van der Waals surface area contributed by atoms with E-state index in [0.29, 0.717) is 18.8 Å². The highest BCUT2D eigenvalue weighted by molar-refractivity contribution is 6.48. The summed E-state index contributed by atoms with van der Waals surface area (Å²) in [6.45, 7) is 6.11. The average molecular weight is 230 g/mol. The van der Waals surface area contributed by atoms with E-state index in [1.54, 1.807) is 14.0 Å². The summed E-state index contributed by atoms with van der Waals surface area (Å²) in [6, 6.07) is 0. The number of carbonyl (C=O) groups excluding carboxylic acids is 1. The number of rotatable bonds is 8. The van der Waals surface area contributed by atoms with Crippen LogP contribution in [-0.4, -0.2) is 41.4 Å². The SMILES string of the molecule is C=C(C)C(=O)OCCCCO[Si](=C)OC. The standard InChI is InChI=1S/C10H18O4Si/c1-9(2)10(11)13-7-5-6-8-14-15(4)12-3/h1,4-8H2,2-3H3. The third-order valence-electron chi connectivity index (χ3n) is 1.61. The molecule has 4 nitrogen and oxygen atoms in total. The highest BCUT2D eigenvalue weighted by Crippen LogP contribution is 1.96. The Morgan fingerprint density at radius 1 is 1.33 bits per heavy atom. The van der Waals surface area contributed by atoms with Gasteiger partial charge in [-0.1, -0.05) is 6.58 Å². The van der Waals surface area contributed by atoms with Crippen molar-refractivity contribution in [2.75, 3.05) is 20.3 Å². The molecule has 0 atom stereocenters. The van der Waals surface area contributed by atoms with Crippen molar-refractivity contribution in [2.24, 2.45) is 0 Å². The molecule has 0 saturated carbocycles. The van der Waals surface area contributed by atoms with E-state index in [1.807, 2.05) is 0 Å². The van der Waals surface area contributed by atoms with Gasteiger partial charge in [0.05, 0.1) is 20.3 Å². The van der Waals surface area contributed by atoms with Crippen molar-refractivity contribution in [3.63, 3.8) is 0 Å². The molecule has 0 aromatic rings. The second-order valence-electron chi connectivity index (χ2n) is 3.05. The smallest absolute Gasteiger partial charge is 0.471 e. The largest absolute Gasteiger partial charge is 0.527 e. The molecule has 0 aromatic heterocycles. The molecular weight excluding hydrogens is 212 g/mol. The van der Waals surface area contributed by atoms with Crippen molar-refractivity contribution in [2.45, 2.75) is 19.8 Å². The van der Waals surface area contributed by atoms with E-state index in [0.717, 1.165) is 12.8 Å². The van der Waals surface area contributed by atoms with E-state index >= 15 is 0 Å². The van der Waals surface area contributed by atoms with Crippen LogP contribution < -0.4 is 0 Å². The van der Waals surface area contributed by atoms with Crippen LogP contribution >= 0.6 is 0 Å². The quantitative estimate of drug-likeness (QED) is 0.271. The van der Waals surface area contributed by atoms with Gasteiger partial charge in [-0.2, -0.15) is 0 Å². The molecule has 0 aromatic carbocycles. The lowest BCUT2D eigenvalue weighted by Gasteiger charge is -2.07. The van der Waals surface area contributed by atoms with Crippen LogP contribution in [0, 0.1) is 0 Å². The van der Waals surface area contributed by atoms with Crippen LogP contribution in [0.15, 0.2) is 12.2 Å². The maximum Gasteiger partial charge on any atom is 0.471 e. The van der Waals surface area contributed by atoms with E-state index in [4.69, 9.17) is 13.6 Å². The first-order valence-corrected chi connectivity index (χ1v) is 6.28. The van der Waals surface area contributed by atoms with Crippen molar-refractivity contribution < 1.29 is 18.4 Å². The monoisotopic (exact) mass is 230 g/mol. The molecule has 0 radical (unpaired) electrons. The van der Waals surface area contributed by atoms with Crippen LogP contribution in [0.2, 0.25) is 0 Å². The summed E-state index contributed by atoms with van der Waals surface area (Å²) in [4.78, 5) is 11.0. The summed E-state index contributed by atoms with van der Waals surface area (Å²) in [7, 11) is 0.262. The van der Waals surface area contributed by atoms with Crippen LogP contribution in [0.1, 0.15) is 19.8 Å². The predicted molar refractivity (Wildman–Crippen MR) is 60.8 cm³/mol. The molecule has 0 N–H and O–H groups in total. The molecule has 0 amide bonds. The van der Waals surface area contributed by atoms with E-state index < -0.39 is 8.90 Å². The molecular formula is C10H18O4Si. The molecule has 86 valence electrons. The Hall–Kier alpha value is -1.10. The zero-order valence-corrected chi connectivity index (χ0v) is 10.4. The fourth-order valence-electron chi connectivity index (χ4n) is 0.737. The van der Waals surface area contributed by atoms with Gasteiger partial charge in [-0.15, -0.1) is 0 Å². The minimum Gasteiger partial charge on any atom is -0.527 e. The van der Waals surface area contributed by atoms with Gasteiger partial charge in [-0.25, -0.2) is 4.79 Å². The molecule has 0 aliphatic carbocycles. The van der Waals surface area contributed by atoms with Gasteiger partial charge in [0.1, 0.15) is 0 Å². The van der Waals surface area contributed by atoms with Crippen LogP contribution in [-0.2, 0) is 18.4 Å². The van der Waals surface area contributed by atoms with Gasteiger partial charge < -0.3 is 13.6 Å². The molecule has 0 fully saturated rings. The molecule has 0 saturated heterocycles. The van der Waals surface area contributed by atoms with E-state index in [-0.39, 0.29) is 5.97 Å². The Labute approximate surface area is 92.3 Å². The molecule has 0 aliphatic rings. The first-order chi connectivity index (χ1) is 7.07. The number of hydrogen-bond donors (Lipinski definition) is 0. The minimum atomic E-state index is -1.32. The summed E-state index contributed by atoms with van der Waals surface area (Å²) >= 11 is 0. The molecule has 0 spiro atoms. The topological polar surface area (TPSA) is 44.8 Å². The lowest BCUT2D eigenvalue weighted by molar-refractivity contribution is -0.139. The van der Waals surface area contributed by atoms with Crippen molar-refractivity contribution in [3.8, 4) is 0 Å². The summed E-state index contributed by atoms with van der Waals surface area (Å²) in [6.07, 6.45) is 5.29. The Morgan fingerprint density at radius 3 is 2.47 bits per heavy atom. The van der Waals surface area contributed by atoms with Crippen molar-refractivity contribution in [1.29, 1.82) is 0 Å². The fourth-order valence-corrected chi connectivity index (χ4v) is 1.23. The number of ether oxygens (including phenoxy) is 1. The van der Waals surface area contributed by atoms with Crippen molar-refractivity contribution in [1.82, 2.24) is 0 Å². The predicted octanol–water partition coefficient (Wildman–Crippen LogP) is 1.05. The second-order valence-corrected chi connectivity index (χ2v) is 4.49. The van der Waals surface area contributed by atoms with E-state index in [9.17, 15) is 4.79 Å². The number of esters is 1. The zero-order chi connectivity index (χ0) is 11.7. The molecule has 0 unspecified atom stereocenters. The van der Waals surface area contributed by atoms with Gasteiger partial charge in [0, 0.05) is 5.57 Å². The number of hydrogen-bond acceptors (Lipinski definition) is 4. The van der Waals surface area contributed by atoms with Crippen LogP contribution in [0.25, 0.3) is 0 Å². The summed E-state index contributed by atoms with van der Waals surface area (Å²) in [5.74, 6) is -0.338. The Morgan fingerprint density at radius 2 is 1.93 bits per heavy atom. The Balaban J connectivity index is 3.29. The van der Waals surface area contributed by atoms with Crippen molar-refractivity contribution >= 4 is 21.0 Å².